The molecule has 1 fully saturated rings. The van der Waals surface area contributed by atoms with Crippen LogP contribution in [0, 0.1) is 12.8 Å². The maximum absolute atomic E-state index is 14.8. The van der Waals surface area contributed by atoms with Gasteiger partial charge in [0, 0.05) is 37.3 Å². The van der Waals surface area contributed by atoms with Gasteiger partial charge in [0.25, 0.3) is 0 Å². The molecule has 8 atom stereocenters. The van der Waals surface area contributed by atoms with E-state index in [4.69, 9.17) is 23.7 Å². The second kappa shape index (κ2) is 13.7. The van der Waals surface area contributed by atoms with Crippen molar-refractivity contribution >= 4 is 40.8 Å². The normalized spacial score (nSPS) is 31.0. The van der Waals surface area contributed by atoms with Gasteiger partial charge in [-0.05, 0) is 31.0 Å². The fourth-order valence-electron chi connectivity index (χ4n) is 8.20. The molecule has 1 saturated heterocycles. The number of aliphatic hydroxyl groups is 4. The Kier molecular flexibility index (Phi) is 9.85. The van der Waals surface area contributed by atoms with E-state index < -0.39 is 159 Å². The molecule has 0 unspecified atom stereocenters. The van der Waals surface area contributed by atoms with Gasteiger partial charge in [-0.1, -0.05) is 6.07 Å². The van der Waals surface area contributed by atoms with E-state index in [9.17, 15) is 59.4 Å². The number of fused-ring (bicyclic) bond motifs is 5. The van der Waals surface area contributed by atoms with Crippen LogP contribution in [0.3, 0.4) is 0 Å². The molecule has 1 heterocycles. The number of carboxylic acids is 1. The highest BCUT2D eigenvalue weighted by molar-refractivity contribution is 6.53. The van der Waals surface area contributed by atoms with E-state index in [1.54, 1.807) is 6.92 Å². The zero-order valence-corrected chi connectivity index (χ0v) is 29.6. The third kappa shape index (κ3) is 5.24. The molecule has 18 heteroatoms. The highest BCUT2D eigenvalue weighted by Gasteiger charge is 2.73. The summed E-state index contributed by atoms with van der Waals surface area (Å²) in [6, 6.07) is 2.10. The number of benzene rings is 2. The van der Waals surface area contributed by atoms with Crippen molar-refractivity contribution in [3.63, 3.8) is 0 Å². The molecular formula is C36H37NO17. The fraction of sp³-hybridized carbons (Fsp3) is 0.472. The first-order chi connectivity index (χ1) is 25.5. The molecule has 0 bridgehead atoms. The molecular weight excluding hydrogens is 718 g/mol. The Morgan fingerprint density at radius 1 is 1.04 bits per heavy atom. The Hall–Kier alpha value is -4.95. The standard InChI is InChI=1S/C36H37NO17/c1-12-6-14-7-20(40)36(52-5)32(47)24-16(31(46)35(36,49)25(14)30(53-11-21(41)42)22(12)34(48)51-4)8-15-23(28(24)45)19(39)9-18(26(15)43)37-33-17(10-38)27(44)29(50-3)13(2)54-33/h6,8,13,17,20,27,29,33,38,40,44-45,49H,7,9-11H2,1-5H3,(H,41,42)/t13-,17+,20+,27-,29-,33-,35-,36+/m0/s1. The Morgan fingerprint density at radius 2 is 1.72 bits per heavy atom. The molecule has 0 saturated carbocycles. The van der Waals surface area contributed by atoms with Gasteiger partial charge >= 0.3 is 11.9 Å². The first-order valence-corrected chi connectivity index (χ1v) is 16.6. The van der Waals surface area contributed by atoms with Crippen LogP contribution in [0.2, 0.25) is 0 Å². The second-order valence-electron chi connectivity index (χ2n) is 13.5. The number of ketones is 4. The van der Waals surface area contributed by atoms with Gasteiger partial charge in [0.1, 0.15) is 23.2 Å². The minimum Gasteiger partial charge on any atom is -0.506 e. The number of methoxy groups -OCH3 is 3. The molecule has 6 rings (SSSR count). The molecule has 3 aliphatic carbocycles. The van der Waals surface area contributed by atoms with E-state index in [1.165, 1.54) is 20.1 Å². The summed E-state index contributed by atoms with van der Waals surface area (Å²) in [5, 5.41) is 66.2. The number of nitrogens with zero attached hydrogens (tertiary/aromatic N) is 1. The number of aryl methyl sites for hydroxylation is 1. The number of aliphatic hydroxyl groups excluding tert-OH is 3. The zero-order chi connectivity index (χ0) is 39.8. The molecule has 288 valence electrons. The van der Waals surface area contributed by atoms with E-state index >= 15 is 0 Å². The molecule has 0 spiro atoms. The molecule has 2 aromatic carbocycles. The van der Waals surface area contributed by atoms with Crippen molar-refractivity contribution in [1.82, 2.24) is 0 Å². The number of carbonyl (C=O) groups excluding carboxylic acids is 5. The first-order valence-electron chi connectivity index (χ1n) is 16.6. The highest BCUT2D eigenvalue weighted by Crippen LogP contribution is 2.57. The lowest BCUT2D eigenvalue weighted by Crippen LogP contribution is -2.73. The van der Waals surface area contributed by atoms with E-state index in [0.29, 0.717) is 0 Å². The fourth-order valence-corrected chi connectivity index (χ4v) is 8.20. The maximum atomic E-state index is 14.8. The predicted molar refractivity (Wildman–Crippen MR) is 178 cm³/mol. The number of ether oxygens (including phenoxy) is 5. The van der Waals surface area contributed by atoms with Crippen LogP contribution < -0.4 is 4.74 Å². The number of Topliss-reactive ketones (excluding diaryl/α,β-unsaturated/α-hetero) is 4. The summed E-state index contributed by atoms with van der Waals surface area (Å²) in [6.45, 7) is 1.23. The van der Waals surface area contributed by atoms with Gasteiger partial charge in [-0.15, -0.1) is 0 Å². The summed E-state index contributed by atoms with van der Waals surface area (Å²) in [5.41, 5.74) is -10.6. The van der Waals surface area contributed by atoms with Crippen LogP contribution in [-0.4, -0.2) is 142 Å². The summed E-state index contributed by atoms with van der Waals surface area (Å²) >= 11 is 0. The van der Waals surface area contributed by atoms with E-state index in [2.05, 4.69) is 4.99 Å². The smallest absolute Gasteiger partial charge is 0.341 e. The van der Waals surface area contributed by atoms with Gasteiger partial charge in [0.15, 0.2) is 29.8 Å². The van der Waals surface area contributed by atoms with Gasteiger partial charge in [0.05, 0.1) is 61.2 Å². The number of phenols is 1. The third-order valence-electron chi connectivity index (χ3n) is 10.7. The number of esters is 1. The maximum Gasteiger partial charge on any atom is 0.341 e. The number of hydrogen-bond acceptors (Lipinski definition) is 17. The van der Waals surface area contributed by atoms with Crippen molar-refractivity contribution in [1.29, 1.82) is 0 Å². The van der Waals surface area contributed by atoms with Crippen molar-refractivity contribution in [2.75, 3.05) is 34.5 Å². The third-order valence-corrected chi connectivity index (χ3v) is 10.7. The molecule has 54 heavy (non-hydrogen) atoms. The molecule has 0 amide bonds. The topological polar surface area (TPSA) is 282 Å². The summed E-state index contributed by atoms with van der Waals surface area (Å²) in [6.07, 6.45) is -7.54. The number of carboxylic acid groups (broad SMARTS) is 1. The van der Waals surface area contributed by atoms with Gasteiger partial charge in [-0.3, -0.25) is 24.2 Å². The van der Waals surface area contributed by atoms with Crippen LogP contribution in [-0.2, 0) is 35.8 Å². The molecule has 1 aliphatic heterocycles. The van der Waals surface area contributed by atoms with Gasteiger partial charge in [-0.25, -0.2) is 9.59 Å². The monoisotopic (exact) mass is 755 g/mol. The lowest BCUT2D eigenvalue weighted by atomic mass is 9.56. The Balaban J connectivity index is 1.58. The van der Waals surface area contributed by atoms with Crippen LogP contribution >= 0.6 is 0 Å². The molecule has 6 N–H and O–H groups in total. The van der Waals surface area contributed by atoms with Crippen LogP contribution in [0.15, 0.2) is 17.1 Å². The Bertz CT molecular complexity index is 2060. The summed E-state index contributed by atoms with van der Waals surface area (Å²) in [5.74, 6) is -10.3. The number of phenolic OH excluding ortho intramolecular Hbond substituents is 1. The molecule has 4 aliphatic rings. The quantitative estimate of drug-likeness (QED) is 0.185. The predicted octanol–water partition coefficient (Wildman–Crippen LogP) is -0.541. The number of rotatable bonds is 8. The first kappa shape index (κ1) is 38.8. The number of carbonyl (C=O) groups is 6. The summed E-state index contributed by atoms with van der Waals surface area (Å²) in [7, 11) is 3.22. The van der Waals surface area contributed by atoms with Crippen LogP contribution in [0.5, 0.6) is 11.5 Å². The summed E-state index contributed by atoms with van der Waals surface area (Å²) < 4.78 is 27.0. The second-order valence-corrected chi connectivity index (χ2v) is 13.5. The number of aliphatic carboxylic acids is 1. The van der Waals surface area contributed by atoms with Crippen LogP contribution in [0.1, 0.15) is 81.8 Å². The van der Waals surface area contributed by atoms with Crippen LogP contribution in [0.4, 0.5) is 0 Å². The highest BCUT2D eigenvalue weighted by atomic mass is 16.6. The van der Waals surface area contributed by atoms with Crippen molar-refractivity contribution in [3.05, 3.63) is 56.6 Å². The van der Waals surface area contributed by atoms with E-state index in [1.807, 2.05) is 0 Å². The zero-order valence-electron chi connectivity index (χ0n) is 29.6. The minimum atomic E-state index is -3.32. The number of aliphatic imine (C=N–C) groups is 1. The van der Waals surface area contributed by atoms with Crippen molar-refractivity contribution in [2.24, 2.45) is 10.9 Å². The number of hydrogen-bond donors (Lipinski definition) is 6. The van der Waals surface area contributed by atoms with E-state index in [-0.39, 0.29) is 11.1 Å². The van der Waals surface area contributed by atoms with Crippen molar-refractivity contribution in [3.8, 4) is 11.5 Å². The lowest BCUT2D eigenvalue weighted by molar-refractivity contribution is -0.206. The average Bonchev–Trinajstić information content (AvgIpc) is 3.11. The van der Waals surface area contributed by atoms with E-state index in [0.717, 1.165) is 20.3 Å². The summed E-state index contributed by atoms with van der Waals surface area (Å²) in [4.78, 5) is 86.1. The minimum absolute atomic E-state index is 0.0475. The largest absolute Gasteiger partial charge is 0.506 e. The molecule has 0 aromatic heterocycles. The van der Waals surface area contributed by atoms with Crippen LogP contribution in [0.25, 0.3) is 0 Å². The Morgan fingerprint density at radius 3 is 2.31 bits per heavy atom. The lowest BCUT2D eigenvalue weighted by Gasteiger charge is -2.53. The number of aromatic hydroxyl groups is 1. The Labute approximate surface area is 305 Å². The van der Waals surface area contributed by atoms with Gasteiger partial charge in [-0.2, -0.15) is 0 Å². The van der Waals surface area contributed by atoms with Crippen molar-refractivity contribution < 1.29 is 83.1 Å². The van der Waals surface area contributed by atoms with Gasteiger partial charge < -0.3 is 54.3 Å². The van der Waals surface area contributed by atoms with Crippen molar-refractivity contribution in [2.45, 2.75) is 68.5 Å². The molecule has 0 radical (unpaired) electrons. The molecule has 2 aromatic rings. The van der Waals surface area contributed by atoms with Gasteiger partial charge in [0.2, 0.25) is 17.3 Å². The molecule has 18 nitrogen and oxygen atoms in total. The average molecular weight is 756 g/mol. The SMILES string of the molecule is COC(=O)c1c(C)cc2c(c1OCC(=O)O)[C@]1(O)C(=O)c3cc4c(c(O)c3C(=O)[C@]1(OC)[C@H](O)C2)C(=O)CC(=N[C@H]1O[C@@H](C)[C@H](OC)[C@@H](O)[C@H]1CO)C4=O.